The monoisotopic (exact) mass is 402 g/mol. The molecule has 2 aromatic carbocycles. The minimum atomic E-state index is -0.644. The number of hydrogen-bond acceptors (Lipinski definition) is 4. The van der Waals surface area contributed by atoms with E-state index in [1.807, 2.05) is 60.7 Å². The van der Waals surface area contributed by atoms with Crippen LogP contribution < -0.4 is 0 Å². The fraction of sp³-hybridized carbons (Fsp3) is 0.250. The zero-order valence-corrected chi connectivity index (χ0v) is 15.4. The second-order valence-corrected chi connectivity index (χ2v) is 6.39. The van der Waals surface area contributed by atoms with Crippen LogP contribution in [0.1, 0.15) is 30.3 Å². The second-order valence-electron chi connectivity index (χ2n) is 5.54. The van der Waals surface area contributed by atoms with Crippen LogP contribution in [0.25, 0.3) is 0 Å². The van der Waals surface area contributed by atoms with Crippen LogP contribution in [0, 0.1) is 0 Å². The van der Waals surface area contributed by atoms with Gasteiger partial charge in [0, 0.05) is 0 Å². The highest BCUT2D eigenvalue weighted by Gasteiger charge is 2.37. The van der Waals surface area contributed by atoms with Crippen LogP contribution in [-0.4, -0.2) is 18.9 Å². The second kappa shape index (κ2) is 8.43. The Hall–Kier alpha value is -1.95. The van der Waals surface area contributed by atoms with Crippen LogP contribution in [0.5, 0.6) is 0 Å². The number of rotatable bonds is 5. The molecule has 1 aliphatic heterocycles. The first-order chi connectivity index (χ1) is 12.2. The summed E-state index contributed by atoms with van der Waals surface area (Å²) >= 11 is 3.23. The van der Waals surface area contributed by atoms with Crippen molar-refractivity contribution in [1.82, 2.24) is 0 Å². The van der Waals surface area contributed by atoms with Gasteiger partial charge in [-0.2, -0.15) is 0 Å². The third kappa shape index (κ3) is 4.37. The lowest BCUT2D eigenvalue weighted by atomic mass is 9.99. The molecule has 0 aliphatic carbocycles. The van der Waals surface area contributed by atoms with Crippen molar-refractivity contribution in [2.24, 2.45) is 0 Å². The lowest BCUT2D eigenvalue weighted by molar-refractivity contribution is -0.137. The highest BCUT2D eigenvalue weighted by Crippen LogP contribution is 2.43. The van der Waals surface area contributed by atoms with E-state index in [9.17, 15) is 4.79 Å². The minimum Gasteiger partial charge on any atom is -0.462 e. The average Bonchev–Trinajstić information content (AvgIpc) is 3.07. The van der Waals surface area contributed by atoms with Crippen molar-refractivity contribution in [3.63, 3.8) is 0 Å². The van der Waals surface area contributed by atoms with Gasteiger partial charge in [-0.3, -0.25) is 0 Å². The fourth-order valence-corrected chi connectivity index (χ4v) is 3.05. The first-order valence-corrected chi connectivity index (χ1v) is 8.93. The van der Waals surface area contributed by atoms with Crippen molar-refractivity contribution in [3.05, 3.63) is 82.3 Å². The van der Waals surface area contributed by atoms with E-state index < -0.39 is 12.3 Å². The number of ether oxygens (including phenoxy) is 3. The predicted octanol–water partition coefficient (Wildman–Crippen LogP) is 4.68. The van der Waals surface area contributed by atoms with E-state index in [-0.39, 0.29) is 12.2 Å². The summed E-state index contributed by atoms with van der Waals surface area (Å²) in [6, 6.07) is 19.9. The Morgan fingerprint density at radius 1 is 1.00 bits per heavy atom. The Kier molecular flexibility index (Phi) is 6.02. The molecule has 1 heterocycles. The van der Waals surface area contributed by atoms with E-state index in [1.54, 1.807) is 13.0 Å². The average molecular weight is 403 g/mol. The van der Waals surface area contributed by atoms with Crippen LogP contribution >= 0.6 is 15.9 Å². The zero-order chi connectivity index (χ0) is 17.6. The number of esters is 1. The molecule has 25 heavy (non-hydrogen) atoms. The summed E-state index contributed by atoms with van der Waals surface area (Å²) in [5.74, 6) is -0.436. The van der Waals surface area contributed by atoms with Crippen molar-refractivity contribution >= 4 is 21.9 Å². The molecule has 0 N–H and O–H groups in total. The Bertz CT molecular complexity index is 682. The molecule has 3 rings (SSSR count). The summed E-state index contributed by atoms with van der Waals surface area (Å²) in [6.45, 7) is 2.07. The lowest BCUT2D eigenvalue weighted by Crippen LogP contribution is -2.09. The maximum Gasteiger partial charge on any atom is 0.345 e. The van der Waals surface area contributed by atoms with Crippen molar-refractivity contribution in [2.45, 2.75) is 25.4 Å². The van der Waals surface area contributed by atoms with Gasteiger partial charge in [-0.15, -0.1) is 0 Å². The van der Waals surface area contributed by atoms with E-state index in [4.69, 9.17) is 14.2 Å². The first-order valence-electron chi connectivity index (χ1n) is 8.14. The molecule has 1 fully saturated rings. The van der Waals surface area contributed by atoms with Gasteiger partial charge >= 0.3 is 5.97 Å². The molecule has 130 valence electrons. The first kappa shape index (κ1) is 17.9. The molecule has 4 nitrogen and oxygen atoms in total. The predicted molar refractivity (Wildman–Crippen MR) is 98.0 cm³/mol. The zero-order valence-electron chi connectivity index (χ0n) is 13.8. The highest BCUT2D eigenvalue weighted by atomic mass is 79.9. The number of halogens is 1. The quantitative estimate of drug-likeness (QED) is 0.537. The molecule has 0 spiro atoms. The van der Waals surface area contributed by atoms with Crippen LogP contribution in [0.3, 0.4) is 0 Å². The molecule has 0 amide bonds. The smallest absolute Gasteiger partial charge is 0.345 e. The Labute approximate surface area is 155 Å². The summed E-state index contributed by atoms with van der Waals surface area (Å²) in [6.07, 6.45) is 0.436. The van der Waals surface area contributed by atoms with Crippen molar-refractivity contribution in [1.29, 1.82) is 0 Å². The summed E-state index contributed by atoms with van der Waals surface area (Å²) in [5.41, 5.74) is 2.05. The third-order valence-corrected chi connectivity index (χ3v) is 4.43. The number of carbonyl (C=O) groups is 1. The van der Waals surface area contributed by atoms with E-state index in [0.29, 0.717) is 11.1 Å². The van der Waals surface area contributed by atoms with E-state index in [0.717, 1.165) is 11.1 Å². The molecular weight excluding hydrogens is 384 g/mol. The fourth-order valence-electron chi connectivity index (χ4n) is 2.72. The van der Waals surface area contributed by atoms with Gasteiger partial charge in [-0.1, -0.05) is 60.7 Å². The Morgan fingerprint density at radius 3 is 1.92 bits per heavy atom. The van der Waals surface area contributed by atoms with Crippen LogP contribution in [-0.2, 0) is 19.0 Å². The van der Waals surface area contributed by atoms with E-state index in [1.165, 1.54) is 0 Å². The number of carbonyl (C=O) groups excluding carboxylic acids is 1. The van der Waals surface area contributed by atoms with Crippen molar-refractivity contribution in [3.8, 4) is 0 Å². The molecule has 0 bridgehead atoms. The maximum atomic E-state index is 11.8. The van der Waals surface area contributed by atoms with Crippen LogP contribution in [0.4, 0.5) is 0 Å². The molecule has 0 unspecified atom stereocenters. The molecule has 1 aliphatic rings. The van der Waals surface area contributed by atoms with Gasteiger partial charge in [0.2, 0.25) is 0 Å². The van der Waals surface area contributed by atoms with E-state index in [2.05, 4.69) is 15.9 Å². The van der Waals surface area contributed by atoms with Crippen molar-refractivity contribution in [2.75, 3.05) is 6.61 Å². The standard InChI is InChI=1S/C20H19BrO4/c1-2-23-20(22)16(21)13-17-24-18(14-9-5-3-6-10-14)19(25-17)15-11-7-4-8-12-15/h3-13,17-19H,2H2,1H3/b16-13-/t18-,19-/m0/s1. The Balaban J connectivity index is 1.86. The topological polar surface area (TPSA) is 44.8 Å². The van der Waals surface area contributed by atoms with E-state index >= 15 is 0 Å². The van der Waals surface area contributed by atoms with Gasteiger partial charge < -0.3 is 14.2 Å². The molecule has 2 aromatic rings. The normalized spacial score (nSPS) is 21.3. The van der Waals surface area contributed by atoms with Gasteiger partial charge in [0.25, 0.3) is 0 Å². The molecular formula is C20H19BrO4. The van der Waals surface area contributed by atoms with Crippen molar-refractivity contribution < 1.29 is 19.0 Å². The largest absolute Gasteiger partial charge is 0.462 e. The van der Waals surface area contributed by atoms with Gasteiger partial charge in [0.05, 0.1) is 6.61 Å². The van der Waals surface area contributed by atoms with Gasteiger partial charge in [-0.05, 0) is 40.1 Å². The highest BCUT2D eigenvalue weighted by molar-refractivity contribution is 9.12. The Morgan fingerprint density at radius 2 is 1.48 bits per heavy atom. The minimum absolute atomic E-state index is 0.257. The van der Waals surface area contributed by atoms with Crippen LogP contribution in [0.15, 0.2) is 71.2 Å². The summed E-state index contributed by atoms with van der Waals surface area (Å²) < 4.78 is 17.4. The third-order valence-electron chi connectivity index (χ3n) is 3.85. The molecule has 0 saturated carbocycles. The molecule has 5 heteroatoms. The SMILES string of the molecule is CCOC(=O)/C(Br)=C/C1O[C@@H](c2ccccc2)[C@H](c2ccccc2)O1. The molecule has 0 aromatic heterocycles. The lowest BCUT2D eigenvalue weighted by Gasteiger charge is -2.17. The molecule has 1 saturated heterocycles. The van der Waals surface area contributed by atoms with Gasteiger partial charge in [0.15, 0.2) is 6.29 Å². The summed E-state index contributed by atoms with van der Waals surface area (Å²) in [4.78, 5) is 11.8. The molecule has 0 radical (unpaired) electrons. The molecule has 2 atom stereocenters. The number of benzene rings is 2. The van der Waals surface area contributed by atoms with Gasteiger partial charge in [-0.25, -0.2) is 4.79 Å². The van der Waals surface area contributed by atoms with Gasteiger partial charge in [0.1, 0.15) is 16.7 Å². The maximum absolute atomic E-state index is 11.8. The number of hydrogen-bond donors (Lipinski definition) is 0. The summed E-state index contributed by atoms with van der Waals surface area (Å²) in [5, 5.41) is 0. The summed E-state index contributed by atoms with van der Waals surface area (Å²) in [7, 11) is 0. The van der Waals surface area contributed by atoms with Crippen LogP contribution in [0.2, 0.25) is 0 Å².